The van der Waals surface area contributed by atoms with Crippen molar-refractivity contribution in [2.45, 2.75) is 26.2 Å². The fourth-order valence-electron chi connectivity index (χ4n) is 1.90. The van der Waals surface area contributed by atoms with Crippen LogP contribution in [0.3, 0.4) is 0 Å². The van der Waals surface area contributed by atoms with Crippen molar-refractivity contribution in [2.75, 3.05) is 0 Å². The molecule has 2 aromatic rings. The minimum Gasteiger partial charge on any atom is -0.478 e. The van der Waals surface area contributed by atoms with E-state index in [9.17, 15) is 9.59 Å². The average molecular weight is 262 g/mol. The summed E-state index contributed by atoms with van der Waals surface area (Å²) in [6.07, 6.45) is 1.54. The SMILES string of the molecule is CC(C)(C)c1nc(C(=O)O)c2cc(C(=O)O)ccn12. The van der Waals surface area contributed by atoms with Crippen LogP contribution in [0, 0.1) is 0 Å². The minimum absolute atomic E-state index is 0.0374. The molecule has 19 heavy (non-hydrogen) atoms. The van der Waals surface area contributed by atoms with E-state index in [1.165, 1.54) is 12.1 Å². The Bertz CT molecular complexity index is 680. The quantitative estimate of drug-likeness (QED) is 0.863. The number of hydrogen-bond donors (Lipinski definition) is 2. The van der Waals surface area contributed by atoms with Gasteiger partial charge in [-0.25, -0.2) is 14.6 Å². The Morgan fingerprint density at radius 3 is 2.32 bits per heavy atom. The zero-order chi connectivity index (χ0) is 14.4. The van der Waals surface area contributed by atoms with Crippen LogP contribution in [0.4, 0.5) is 0 Å². The molecule has 0 aliphatic heterocycles. The summed E-state index contributed by atoms with van der Waals surface area (Å²) < 4.78 is 1.62. The number of nitrogens with zero attached hydrogens (tertiary/aromatic N) is 2. The molecule has 0 aliphatic carbocycles. The van der Waals surface area contributed by atoms with Gasteiger partial charge >= 0.3 is 11.9 Å². The van der Waals surface area contributed by atoms with Crippen molar-refractivity contribution in [3.05, 3.63) is 35.4 Å². The number of imidazole rings is 1. The van der Waals surface area contributed by atoms with Crippen LogP contribution >= 0.6 is 0 Å². The van der Waals surface area contributed by atoms with Crippen molar-refractivity contribution < 1.29 is 19.8 Å². The lowest BCUT2D eigenvalue weighted by atomic mass is 9.96. The van der Waals surface area contributed by atoms with Crippen molar-refractivity contribution in [1.82, 2.24) is 9.38 Å². The summed E-state index contributed by atoms with van der Waals surface area (Å²) in [7, 11) is 0. The van der Waals surface area contributed by atoms with Crippen LogP contribution in [0.2, 0.25) is 0 Å². The standard InChI is InChI=1S/C13H14N2O4/c1-13(2,3)12-14-9(11(18)19)8-6-7(10(16)17)4-5-15(8)12/h4-6H,1-3H3,(H,16,17)(H,18,19). The van der Waals surface area contributed by atoms with E-state index in [0.29, 0.717) is 5.82 Å². The number of aromatic nitrogens is 2. The van der Waals surface area contributed by atoms with Crippen molar-refractivity contribution in [2.24, 2.45) is 0 Å². The zero-order valence-corrected chi connectivity index (χ0v) is 10.8. The van der Waals surface area contributed by atoms with Crippen LogP contribution in [0.25, 0.3) is 5.52 Å². The largest absolute Gasteiger partial charge is 0.478 e. The van der Waals surface area contributed by atoms with Gasteiger partial charge in [0.2, 0.25) is 0 Å². The summed E-state index contributed by atoms with van der Waals surface area (Å²) in [6, 6.07) is 2.76. The third-order valence-electron chi connectivity index (χ3n) is 2.76. The Labute approximate surface area is 109 Å². The highest BCUT2D eigenvalue weighted by Gasteiger charge is 2.25. The Morgan fingerprint density at radius 1 is 1.21 bits per heavy atom. The third-order valence-corrected chi connectivity index (χ3v) is 2.76. The van der Waals surface area contributed by atoms with Crippen LogP contribution in [0.1, 0.15) is 47.4 Å². The van der Waals surface area contributed by atoms with Gasteiger partial charge < -0.3 is 14.6 Å². The molecule has 0 atom stereocenters. The third kappa shape index (κ3) is 2.16. The molecule has 6 heteroatoms. The summed E-state index contributed by atoms with van der Waals surface area (Å²) in [5.41, 5.74) is -0.151. The van der Waals surface area contributed by atoms with E-state index in [2.05, 4.69) is 4.98 Å². The highest BCUT2D eigenvalue weighted by atomic mass is 16.4. The van der Waals surface area contributed by atoms with Crippen molar-refractivity contribution in [1.29, 1.82) is 0 Å². The van der Waals surface area contributed by atoms with E-state index in [0.717, 1.165) is 0 Å². The Morgan fingerprint density at radius 2 is 1.84 bits per heavy atom. The minimum atomic E-state index is -1.17. The zero-order valence-electron chi connectivity index (χ0n) is 10.8. The fraction of sp³-hybridized carbons (Fsp3) is 0.308. The first-order valence-corrected chi connectivity index (χ1v) is 5.71. The summed E-state index contributed by atoms with van der Waals surface area (Å²) in [4.78, 5) is 26.3. The van der Waals surface area contributed by atoms with E-state index in [1.54, 1.807) is 10.6 Å². The van der Waals surface area contributed by atoms with E-state index in [-0.39, 0.29) is 22.2 Å². The molecule has 6 nitrogen and oxygen atoms in total. The maximum atomic E-state index is 11.2. The summed E-state index contributed by atoms with van der Waals surface area (Å²) in [6.45, 7) is 5.75. The van der Waals surface area contributed by atoms with Crippen molar-refractivity contribution in [3.8, 4) is 0 Å². The Kier molecular flexibility index (Phi) is 2.81. The van der Waals surface area contributed by atoms with Gasteiger partial charge in [-0.3, -0.25) is 0 Å². The smallest absolute Gasteiger partial charge is 0.356 e. The second kappa shape index (κ2) is 4.08. The van der Waals surface area contributed by atoms with Crippen LogP contribution in [-0.4, -0.2) is 31.5 Å². The predicted molar refractivity (Wildman–Crippen MR) is 67.8 cm³/mol. The molecule has 0 amide bonds. The van der Waals surface area contributed by atoms with Crippen LogP contribution in [0.15, 0.2) is 18.3 Å². The molecule has 2 rings (SSSR count). The molecule has 2 aromatic heterocycles. The first kappa shape index (κ1) is 13.1. The molecule has 0 saturated heterocycles. The lowest BCUT2D eigenvalue weighted by Gasteiger charge is -2.16. The lowest BCUT2D eigenvalue weighted by Crippen LogP contribution is -2.16. The monoisotopic (exact) mass is 262 g/mol. The van der Waals surface area contributed by atoms with Gasteiger partial charge in [-0.15, -0.1) is 0 Å². The molecule has 0 aliphatic rings. The second-order valence-electron chi connectivity index (χ2n) is 5.31. The fourth-order valence-corrected chi connectivity index (χ4v) is 1.90. The van der Waals surface area contributed by atoms with Gasteiger partial charge in [0.05, 0.1) is 11.1 Å². The topological polar surface area (TPSA) is 91.9 Å². The molecule has 2 heterocycles. The number of fused-ring (bicyclic) bond motifs is 1. The van der Waals surface area contributed by atoms with Gasteiger partial charge in [-0.1, -0.05) is 20.8 Å². The molecule has 100 valence electrons. The second-order valence-corrected chi connectivity index (χ2v) is 5.31. The molecule has 0 spiro atoms. The van der Waals surface area contributed by atoms with E-state index < -0.39 is 11.9 Å². The molecule has 0 aromatic carbocycles. The molecular formula is C13H14N2O4. The van der Waals surface area contributed by atoms with Gasteiger partial charge in [0, 0.05) is 11.6 Å². The number of carbonyl (C=O) groups is 2. The van der Waals surface area contributed by atoms with Crippen molar-refractivity contribution in [3.63, 3.8) is 0 Å². The first-order valence-electron chi connectivity index (χ1n) is 5.71. The Balaban J connectivity index is 2.83. The summed E-state index contributed by atoms with van der Waals surface area (Å²) in [5.74, 6) is -1.69. The molecule has 0 unspecified atom stereocenters. The van der Waals surface area contributed by atoms with Gasteiger partial charge in [-0.05, 0) is 12.1 Å². The number of carboxylic acids is 2. The van der Waals surface area contributed by atoms with Gasteiger partial charge in [0.15, 0.2) is 5.69 Å². The van der Waals surface area contributed by atoms with Gasteiger partial charge in [0.1, 0.15) is 5.82 Å². The molecule has 0 radical (unpaired) electrons. The van der Waals surface area contributed by atoms with Crippen LogP contribution in [-0.2, 0) is 5.41 Å². The Hall–Kier alpha value is -2.37. The van der Waals surface area contributed by atoms with Crippen LogP contribution < -0.4 is 0 Å². The van der Waals surface area contributed by atoms with Gasteiger partial charge in [0.25, 0.3) is 0 Å². The summed E-state index contributed by atoms with van der Waals surface area (Å²) >= 11 is 0. The van der Waals surface area contributed by atoms with E-state index in [4.69, 9.17) is 10.2 Å². The number of aromatic carboxylic acids is 2. The highest BCUT2D eigenvalue weighted by Crippen LogP contribution is 2.25. The maximum Gasteiger partial charge on any atom is 0.356 e. The van der Waals surface area contributed by atoms with E-state index in [1.807, 2.05) is 20.8 Å². The average Bonchev–Trinajstić information content (AvgIpc) is 2.66. The molecule has 0 fully saturated rings. The number of carboxylic acid groups (broad SMARTS) is 2. The molecule has 0 saturated carbocycles. The number of rotatable bonds is 2. The predicted octanol–water partition coefficient (Wildman–Crippen LogP) is 2.03. The molecule has 0 bridgehead atoms. The van der Waals surface area contributed by atoms with Crippen LogP contribution in [0.5, 0.6) is 0 Å². The lowest BCUT2D eigenvalue weighted by molar-refractivity contribution is 0.0682. The number of hydrogen-bond acceptors (Lipinski definition) is 3. The highest BCUT2D eigenvalue weighted by molar-refractivity contribution is 5.96. The van der Waals surface area contributed by atoms with Crippen molar-refractivity contribution >= 4 is 17.5 Å². The summed E-state index contributed by atoms with van der Waals surface area (Å²) in [5, 5.41) is 18.1. The molecule has 2 N–H and O–H groups in total. The maximum absolute atomic E-state index is 11.2. The normalized spacial score (nSPS) is 11.7. The molecular weight excluding hydrogens is 248 g/mol. The number of pyridine rings is 1. The first-order chi connectivity index (χ1) is 8.71. The van der Waals surface area contributed by atoms with E-state index >= 15 is 0 Å². The van der Waals surface area contributed by atoms with Gasteiger partial charge in [-0.2, -0.15) is 0 Å².